The Kier molecular flexibility index (Phi) is 5.19. The molecule has 2 nitrogen and oxygen atoms in total. The molecule has 0 aromatic heterocycles. The number of benzene rings is 1. The monoisotopic (exact) mass is 207 g/mol. The lowest BCUT2D eigenvalue weighted by Crippen LogP contribution is -2.10. The average molecular weight is 207 g/mol. The van der Waals surface area contributed by atoms with Gasteiger partial charge in [0.05, 0.1) is 6.10 Å². The van der Waals surface area contributed by atoms with Gasteiger partial charge in [0.25, 0.3) is 0 Å². The van der Waals surface area contributed by atoms with Crippen LogP contribution in [0.15, 0.2) is 24.3 Å². The Balaban J connectivity index is 2.51. The fraction of sp³-hybridized carbons (Fsp3) is 0.538. The van der Waals surface area contributed by atoms with Gasteiger partial charge in [-0.15, -0.1) is 0 Å². The van der Waals surface area contributed by atoms with Crippen LogP contribution < -0.4 is 5.32 Å². The van der Waals surface area contributed by atoms with Crippen molar-refractivity contribution >= 4 is 5.69 Å². The molecule has 2 heteroatoms. The number of nitrogens with one attached hydrogen (secondary N) is 1. The lowest BCUT2D eigenvalue weighted by molar-refractivity contribution is 0.189. The molecule has 2 N–H and O–H groups in total. The minimum atomic E-state index is -0.226. The standard InChI is InChI=1S/C13H21NO/c1-3-6-12-7-4-5-8-13(12)14-10-9-11(2)15/h4-5,7-8,11,14-15H,3,6,9-10H2,1-2H3. The van der Waals surface area contributed by atoms with Gasteiger partial charge >= 0.3 is 0 Å². The minimum absolute atomic E-state index is 0.226. The summed E-state index contributed by atoms with van der Waals surface area (Å²) in [7, 11) is 0. The van der Waals surface area contributed by atoms with Crippen LogP contribution in [0.1, 0.15) is 32.3 Å². The Bertz CT molecular complexity index is 284. The van der Waals surface area contributed by atoms with Gasteiger partial charge in [-0.2, -0.15) is 0 Å². The van der Waals surface area contributed by atoms with Gasteiger partial charge in [-0.25, -0.2) is 0 Å². The summed E-state index contributed by atoms with van der Waals surface area (Å²) in [5, 5.41) is 12.5. The molecule has 0 aliphatic rings. The lowest BCUT2D eigenvalue weighted by Gasteiger charge is -2.12. The van der Waals surface area contributed by atoms with Gasteiger partial charge in [-0.05, 0) is 31.4 Å². The van der Waals surface area contributed by atoms with Crippen molar-refractivity contribution in [1.82, 2.24) is 0 Å². The maximum atomic E-state index is 9.16. The molecule has 0 radical (unpaired) electrons. The van der Waals surface area contributed by atoms with Crippen molar-refractivity contribution in [2.75, 3.05) is 11.9 Å². The molecular weight excluding hydrogens is 186 g/mol. The Morgan fingerprint density at radius 2 is 2.07 bits per heavy atom. The zero-order valence-corrected chi connectivity index (χ0v) is 9.66. The molecule has 0 aliphatic carbocycles. The molecule has 0 aliphatic heterocycles. The third-order valence-corrected chi connectivity index (χ3v) is 2.41. The SMILES string of the molecule is CCCc1ccccc1NCCC(C)O. The van der Waals surface area contributed by atoms with Crippen LogP contribution in [0.4, 0.5) is 5.69 Å². The summed E-state index contributed by atoms with van der Waals surface area (Å²) >= 11 is 0. The number of hydrogen-bond donors (Lipinski definition) is 2. The van der Waals surface area contributed by atoms with Gasteiger partial charge in [0.2, 0.25) is 0 Å². The van der Waals surface area contributed by atoms with E-state index >= 15 is 0 Å². The molecule has 0 spiro atoms. The van der Waals surface area contributed by atoms with Crippen LogP contribution in [0, 0.1) is 0 Å². The van der Waals surface area contributed by atoms with Crippen molar-refractivity contribution in [1.29, 1.82) is 0 Å². The first-order valence-corrected chi connectivity index (χ1v) is 5.74. The van der Waals surface area contributed by atoms with Crippen molar-refractivity contribution in [3.63, 3.8) is 0 Å². The van der Waals surface area contributed by atoms with Gasteiger partial charge in [-0.3, -0.25) is 0 Å². The van der Waals surface area contributed by atoms with E-state index in [0.29, 0.717) is 0 Å². The van der Waals surface area contributed by atoms with E-state index in [1.54, 1.807) is 0 Å². The summed E-state index contributed by atoms with van der Waals surface area (Å²) in [5.74, 6) is 0. The van der Waals surface area contributed by atoms with Gasteiger partial charge in [0.15, 0.2) is 0 Å². The molecule has 84 valence electrons. The van der Waals surface area contributed by atoms with Crippen LogP contribution in [0.5, 0.6) is 0 Å². The third-order valence-electron chi connectivity index (χ3n) is 2.41. The molecule has 1 unspecified atom stereocenters. The minimum Gasteiger partial charge on any atom is -0.393 e. The van der Waals surface area contributed by atoms with Crippen LogP contribution in [-0.2, 0) is 6.42 Å². The molecule has 15 heavy (non-hydrogen) atoms. The summed E-state index contributed by atoms with van der Waals surface area (Å²) in [6.45, 7) is 4.84. The second-order valence-electron chi connectivity index (χ2n) is 3.97. The largest absolute Gasteiger partial charge is 0.393 e. The number of rotatable bonds is 6. The highest BCUT2D eigenvalue weighted by Crippen LogP contribution is 2.16. The van der Waals surface area contributed by atoms with Gasteiger partial charge in [-0.1, -0.05) is 31.5 Å². The molecule has 1 atom stereocenters. The first kappa shape index (κ1) is 12.1. The Labute approximate surface area is 92.3 Å². The van der Waals surface area contributed by atoms with Crippen LogP contribution in [0.3, 0.4) is 0 Å². The van der Waals surface area contributed by atoms with Gasteiger partial charge in [0, 0.05) is 12.2 Å². The molecule has 0 heterocycles. The molecule has 1 aromatic carbocycles. The quantitative estimate of drug-likeness (QED) is 0.751. The van der Waals surface area contributed by atoms with Gasteiger partial charge < -0.3 is 10.4 Å². The Morgan fingerprint density at radius 3 is 2.73 bits per heavy atom. The van der Waals surface area contributed by atoms with Crippen LogP contribution in [-0.4, -0.2) is 17.8 Å². The van der Waals surface area contributed by atoms with Crippen LogP contribution >= 0.6 is 0 Å². The summed E-state index contributed by atoms with van der Waals surface area (Å²) in [6, 6.07) is 8.38. The fourth-order valence-electron chi connectivity index (χ4n) is 1.60. The van der Waals surface area contributed by atoms with E-state index in [0.717, 1.165) is 25.8 Å². The molecule has 0 bridgehead atoms. The normalized spacial score (nSPS) is 12.5. The van der Waals surface area contributed by atoms with E-state index in [-0.39, 0.29) is 6.10 Å². The second kappa shape index (κ2) is 6.46. The molecular formula is C13H21NO. The van der Waals surface area contributed by atoms with Crippen molar-refractivity contribution in [3.8, 4) is 0 Å². The average Bonchev–Trinajstić information content (AvgIpc) is 2.20. The lowest BCUT2D eigenvalue weighted by atomic mass is 10.1. The van der Waals surface area contributed by atoms with E-state index < -0.39 is 0 Å². The summed E-state index contributed by atoms with van der Waals surface area (Å²) in [5.41, 5.74) is 2.57. The number of para-hydroxylation sites is 1. The molecule has 0 saturated heterocycles. The highest BCUT2D eigenvalue weighted by molar-refractivity contribution is 5.51. The zero-order chi connectivity index (χ0) is 11.1. The number of aryl methyl sites for hydroxylation is 1. The maximum absolute atomic E-state index is 9.16. The maximum Gasteiger partial charge on any atom is 0.0528 e. The van der Waals surface area contributed by atoms with E-state index in [1.165, 1.54) is 11.3 Å². The van der Waals surface area contributed by atoms with E-state index in [1.807, 2.05) is 13.0 Å². The molecule has 0 fully saturated rings. The van der Waals surface area contributed by atoms with E-state index in [2.05, 4.69) is 30.4 Å². The topological polar surface area (TPSA) is 32.3 Å². The molecule has 0 saturated carbocycles. The first-order chi connectivity index (χ1) is 7.24. The first-order valence-electron chi connectivity index (χ1n) is 5.74. The number of aliphatic hydroxyl groups is 1. The predicted octanol–water partition coefficient (Wildman–Crippen LogP) is 2.82. The second-order valence-corrected chi connectivity index (χ2v) is 3.97. The summed E-state index contributed by atoms with van der Waals surface area (Å²) in [4.78, 5) is 0. The van der Waals surface area contributed by atoms with Crippen molar-refractivity contribution < 1.29 is 5.11 Å². The third kappa shape index (κ3) is 4.34. The zero-order valence-electron chi connectivity index (χ0n) is 9.66. The number of aliphatic hydroxyl groups excluding tert-OH is 1. The fourth-order valence-corrected chi connectivity index (χ4v) is 1.60. The smallest absolute Gasteiger partial charge is 0.0528 e. The van der Waals surface area contributed by atoms with E-state index in [4.69, 9.17) is 5.11 Å². The molecule has 0 amide bonds. The molecule has 1 rings (SSSR count). The summed E-state index contributed by atoms with van der Waals surface area (Å²) in [6.07, 6.45) is 2.84. The van der Waals surface area contributed by atoms with Gasteiger partial charge in [0.1, 0.15) is 0 Å². The predicted molar refractivity (Wildman–Crippen MR) is 65.2 cm³/mol. The Morgan fingerprint density at radius 1 is 1.33 bits per heavy atom. The molecule has 1 aromatic rings. The van der Waals surface area contributed by atoms with E-state index in [9.17, 15) is 0 Å². The van der Waals surface area contributed by atoms with Crippen molar-refractivity contribution in [2.24, 2.45) is 0 Å². The summed E-state index contributed by atoms with van der Waals surface area (Å²) < 4.78 is 0. The highest BCUT2D eigenvalue weighted by atomic mass is 16.3. The number of hydrogen-bond acceptors (Lipinski definition) is 2. The van der Waals surface area contributed by atoms with Crippen LogP contribution in [0.25, 0.3) is 0 Å². The van der Waals surface area contributed by atoms with Crippen molar-refractivity contribution in [2.45, 2.75) is 39.2 Å². The van der Waals surface area contributed by atoms with Crippen molar-refractivity contribution in [3.05, 3.63) is 29.8 Å². The van der Waals surface area contributed by atoms with Crippen LogP contribution in [0.2, 0.25) is 0 Å². The highest BCUT2D eigenvalue weighted by Gasteiger charge is 2.00. The Hall–Kier alpha value is -1.02. The number of anilines is 1.